The summed E-state index contributed by atoms with van der Waals surface area (Å²) < 4.78 is 10.3. The third kappa shape index (κ3) is 4.44. The van der Waals surface area contributed by atoms with E-state index in [4.69, 9.17) is 9.26 Å². The van der Waals surface area contributed by atoms with Gasteiger partial charge in [0.25, 0.3) is 0 Å². The van der Waals surface area contributed by atoms with Crippen molar-refractivity contribution in [2.75, 3.05) is 7.11 Å². The first-order valence-corrected chi connectivity index (χ1v) is 8.32. The summed E-state index contributed by atoms with van der Waals surface area (Å²) in [5.74, 6) is 1.61. The van der Waals surface area contributed by atoms with Crippen LogP contribution in [0.2, 0.25) is 0 Å². The van der Waals surface area contributed by atoms with E-state index in [-0.39, 0.29) is 18.4 Å². The summed E-state index contributed by atoms with van der Waals surface area (Å²) in [5.41, 5.74) is 1.79. The number of pyridine rings is 1. The third-order valence-corrected chi connectivity index (χ3v) is 3.95. The molecular formula is C19H20N4O3. The maximum absolute atomic E-state index is 12.2. The zero-order valence-electron chi connectivity index (χ0n) is 14.7. The van der Waals surface area contributed by atoms with Crippen molar-refractivity contribution in [3.05, 3.63) is 60.2 Å². The van der Waals surface area contributed by atoms with Gasteiger partial charge in [0.05, 0.1) is 13.2 Å². The lowest BCUT2D eigenvalue weighted by atomic mass is 10.1. The summed E-state index contributed by atoms with van der Waals surface area (Å²) in [4.78, 5) is 20.5. The molecule has 0 saturated carbocycles. The molecule has 26 heavy (non-hydrogen) atoms. The topological polar surface area (TPSA) is 90.1 Å². The number of amides is 1. The molecule has 0 aliphatic heterocycles. The number of nitrogens with zero attached hydrogens (tertiary/aromatic N) is 3. The van der Waals surface area contributed by atoms with Crippen molar-refractivity contribution in [3.63, 3.8) is 0 Å². The molecule has 0 bridgehead atoms. The summed E-state index contributed by atoms with van der Waals surface area (Å²) >= 11 is 0. The van der Waals surface area contributed by atoms with Gasteiger partial charge in [-0.25, -0.2) is 0 Å². The summed E-state index contributed by atoms with van der Waals surface area (Å²) in [7, 11) is 1.62. The fraction of sp³-hybridized carbons (Fsp3) is 0.263. The molecule has 0 radical (unpaired) electrons. The Hall–Kier alpha value is -3.22. The Labute approximate surface area is 151 Å². The number of hydrogen-bond donors (Lipinski definition) is 1. The average Bonchev–Trinajstić information content (AvgIpc) is 3.16. The second-order valence-corrected chi connectivity index (χ2v) is 5.82. The van der Waals surface area contributed by atoms with Crippen LogP contribution in [0.4, 0.5) is 0 Å². The molecule has 3 aromatic rings. The van der Waals surface area contributed by atoms with Crippen molar-refractivity contribution in [1.82, 2.24) is 20.4 Å². The van der Waals surface area contributed by atoms with Crippen molar-refractivity contribution in [1.29, 1.82) is 0 Å². The Kier molecular flexibility index (Phi) is 5.58. The van der Waals surface area contributed by atoms with Crippen LogP contribution in [0.3, 0.4) is 0 Å². The van der Waals surface area contributed by atoms with Gasteiger partial charge in [-0.05, 0) is 36.8 Å². The number of carbonyl (C=O) groups is 1. The quantitative estimate of drug-likeness (QED) is 0.703. The number of benzene rings is 1. The SMILES string of the molecule is COc1ccc([C@H](C)NC(=O)CCc2nc(-c3cccnc3)no2)cc1. The Balaban J connectivity index is 1.51. The number of carbonyl (C=O) groups excluding carboxylic acids is 1. The molecule has 7 heteroatoms. The Morgan fingerprint density at radius 1 is 1.27 bits per heavy atom. The van der Waals surface area contributed by atoms with E-state index in [1.807, 2.05) is 37.3 Å². The minimum Gasteiger partial charge on any atom is -0.497 e. The largest absolute Gasteiger partial charge is 0.497 e. The lowest BCUT2D eigenvalue weighted by Gasteiger charge is -2.14. The summed E-state index contributed by atoms with van der Waals surface area (Å²) in [6, 6.07) is 11.2. The molecule has 0 unspecified atom stereocenters. The van der Waals surface area contributed by atoms with Crippen LogP contribution in [0.15, 0.2) is 53.3 Å². The Bertz CT molecular complexity index is 847. The number of aryl methyl sites for hydroxylation is 1. The first-order valence-electron chi connectivity index (χ1n) is 8.32. The normalized spacial score (nSPS) is 11.8. The predicted molar refractivity (Wildman–Crippen MR) is 95.4 cm³/mol. The van der Waals surface area contributed by atoms with E-state index in [1.165, 1.54) is 0 Å². The van der Waals surface area contributed by atoms with Crippen LogP contribution in [0.25, 0.3) is 11.4 Å². The van der Waals surface area contributed by atoms with Gasteiger partial charge < -0.3 is 14.6 Å². The third-order valence-electron chi connectivity index (χ3n) is 3.95. The Morgan fingerprint density at radius 2 is 2.08 bits per heavy atom. The lowest BCUT2D eigenvalue weighted by Crippen LogP contribution is -2.26. The van der Waals surface area contributed by atoms with Crippen LogP contribution in [0.1, 0.15) is 30.8 Å². The molecular weight excluding hydrogens is 332 g/mol. The van der Waals surface area contributed by atoms with Gasteiger partial charge in [0.15, 0.2) is 0 Å². The number of aromatic nitrogens is 3. The first kappa shape index (κ1) is 17.6. The van der Waals surface area contributed by atoms with E-state index in [0.717, 1.165) is 16.9 Å². The highest BCUT2D eigenvalue weighted by Gasteiger charge is 2.13. The van der Waals surface area contributed by atoms with Gasteiger partial charge in [0.2, 0.25) is 17.6 Å². The molecule has 2 heterocycles. The van der Waals surface area contributed by atoms with Gasteiger partial charge in [-0.2, -0.15) is 4.98 Å². The molecule has 2 aromatic heterocycles. The monoisotopic (exact) mass is 352 g/mol. The molecule has 1 atom stereocenters. The van der Waals surface area contributed by atoms with Crippen molar-refractivity contribution in [2.24, 2.45) is 0 Å². The second-order valence-electron chi connectivity index (χ2n) is 5.82. The number of ether oxygens (including phenoxy) is 1. The molecule has 3 rings (SSSR count). The van der Waals surface area contributed by atoms with E-state index in [0.29, 0.717) is 18.1 Å². The van der Waals surface area contributed by atoms with E-state index in [2.05, 4.69) is 20.4 Å². The van der Waals surface area contributed by atoms with E-state index in [9.17, 15) is 4.79 Å². The maximum Gasteiger partial charge on any atom is 0.227 e. The minimum atomic E-state index is -0.0953. The van der Waals surface area contributed by atoms with Crippen LogP contribution in [-0.2, 0) is 11.2 Å². The molecule has 7 nitrogen and oxygen atoms in total. The van der Waals surface area contributed by atoms with Crippen LogP contribution >= 0.6 is 0 Å². The van der Waals surface area contributed by atoms with E-state index in [1.54, 1.807) is 25.6 Å². The number of nitrogens with one attached hydrogen (secondary N) is 1. The predicted octanol–water partition coefficient (Wildman–Crippen LogP) is 2.95. The summed E-state index contributed by atoms with van der Waals surface area (Å²) in [6.07, 6.45) is 4.00. The maximum atomic E-state index is 12.2. The smallest absolute Gasteiger partial charge is 0.227 e. The van der Waals surface area contributed by atoms with Crippen molar-refractivity contribution in [2.45, 2.75) is 25.8 Å². The van der Waals surface area contributed by atoms with Crippen molar-refractivity contribution < 1.29 is 14.1 Å². The second kappa shape index (κ2) is 8.24. The molecule has 134 valence electrons. The molecule has 0 spiro atoms. The molecule has 0 aliphatic rings. The highest BCUT2D eigenvalue weighted by atomic mass is 16.5. The Morgan fingerprint density at radius 3 is 2.77 bits per heavy atom. The number of methoxy groups -OCH3 is 1. The molecule has 0 saturated heterocycles. The fourth-order valence-corrected chi connectivity index (χ4v) is 2.48. The van der Waals surface area contributed by atoms with Gasteiger partial charge in [-0.1, -0.05) is 17.3 Å². The first-order chi connectivity index (χ1) is 12.7. The zero-order valence-corrected chi connectivity index (χ0v) is 14.7. The van der Waals surface area contributed by atoms with Crippen LogP contribution < -0.4 is 10.1 Å². The van der Waals surface area contributed by atoms with Crippen LogP contribution in [-0.4, -0.2) is 28.1 Å². The average molecular weight is 352 g/mol. The van der Waals surface area contributed by atoms with E-state index < -0.39 is 0 Å². The number of hydrogen-bond acceptors (Lipinski definition) is 6. The van der Waals surface area contributed by atoms with Gasteiger partial charge in [-0.15, -0.1) is 0 Å². The van der Waals surface area contributed by atoms with E-state index >= 15 is 0 Å². The minimum absolute atomic E-state index is 0.0746. The molecule has 1 aromatic carbocycles. The molecule has 1 N–H and O–H groups in total. The van der Waals surface area contributed by atoms with Gasteiger partial charge >= 0.3 is 0 Å². The van der Waals surface area contributed by atoms with Crippen molar-refractivity contribution >= 4 is 5.91 Å². The summed E-state index contributed by atoms with van der Waals surface area (Å²) in [5, 5.41) is 6.88. The highest BCUT2D eigenvalue weighted by molar-refractivity contribution is 5.76. The summed E-state index contributed by atoms with van der Waals surface area (Å²) in [6.45, 7) is 1.94. The van der Waals surface area contributed by atoms with Crippen LogP contribution in [0.5, 0.6) is 5.75 Å². The molecule has 0 aliphatic carbocycles. The van der Waals surface area contributed by atoms with Gasteiger partial charge in [0.1, 0.15) is 5.75 Å². The van der Waals surface area contributed by atoms with Gasteiger partial charge in [0, 0.05) is 30.8 Å². The van der Waals surface area contributed by atoms with Crippen LogP contribution in [0, 0.1) is 0 Å². The van der Waals surface area contributed by atoms with Gasteiger partial charge in [-0.3, -0.25) is 9.78 Å². The van der Waals surface area contributed by atoms with Crippen molar-refractivity contribution in [3.8, 4) is 17.1 Å². The number of rotatable bonds is 7. The lowest BCUT2D eigenvalue weighted by molar-refractivity contribution is -0.121. The fourth-order valence-electron chi connectivity index (χ4n) is 2.48. The zero-order chi connectivity index (χ0) is 18.4. The standard InChI is InChI=1S/C19H20N4O3/c1-13(14-5-7-16(25-2)8-6-14)21-17(24)9-10-18-22-19(23-26-18)15-4-3-11-20-12-15/h3-8,11-13H,9-10H2,1-2H3,(H,21,24)/t13-/m0/s1. The highest BCUT2D eigenvalue weighted by Crippen LogP contribution is 2.18. The molecule has 0 fully saturated rings. The molecule has 1 amide bonds.